The number of ether oxygens (including phenoxy) is 2. The number of nitrogens with two attached hydrogens (primary N) is 1. The van der Waals surface area contributed by atoms with Crippen molar-refractivity contribution in [2.45, 2.75) is 19.3 Å². The van der Waals surface area contributed by atoms with Gasteiger partial charge in [-0.3, -0.25) is 9.59 Å². The quantitative estimate of drug-likeness (QED) is 0.573. The van der Waals surface area contributed by atoms with E-state index in [0.717, 1.165) is 10.4 Å². The van der Waals surface area contributed by atoms with Crippen LogP contribution in [0.15, 0.2) is 47.8 Å². The van der Waals surface area contributed by atoms with Gasteiger partial charge in [0.2, 0.25) is 5.91 Å². The van der Waals surface area contributed by atoms with Crippen LogP contribution in [0.25, 0.3) is 11.1 Å². The van der Waals surface area contributed by atoms with Gasteiger partial charge in [-0.1, -0.05) is 24.3 Å². The fraction of sp³-hybridized carbons (Fsp3) is 0.217. The van der Waals surface area contributed by atoms with Crippen LogP contribution in [0.1, 0.15) is 29.7 Å². The predicted molar refractivity (Wildman–Crippen MR) is 117 cm³/mol. The number of benzene rings is 2. The van der Waals surface area contributed by atoms with Gasteiger partial charge in [0.1, 0.15) is 5.82 Å². The molecule has 0 spiro atoms. The molecule has 3 N–H and O–H groups in total. The van der Waals surface area contributed by atoms with Crippen molar-refractivity contribution in [1.29, 1.82) is 0 Å². The molecule has 1 aliphatic heterocycles. The molecule has 2 aromatic carbocycles. The molecule has 6 nitrogen and oxygen atoms in total. The highest BCUT2D eigenvalue weighted by Crippen LogP contribution is 2.48. The normalized spacial score (nSPS) is 15.2. The van der Waals surface area contributed by atoms with E-state index in [-0.39, 0.29) is 30.7 Å². The van der Waals surface area contributed by atoms with Crippen molar-refractivity contribution in [1.82, 2.24) is 0 Å². The van der Waals surface area contributed by atoms with Crippen LogP contribution in [0, 0.1) is 5.82 Å². The van der Waals surface area contributed by atoms with Crippen molar-refractivity contribution in [3.8, 4) is 22.6 Å². The first-order chi connectivity index (χ1) is 15.0. The summed E-state index contributed by atoms with van der Waals surface area (Å²) in [6.45, 7) is 1.99. The fourth-order valence-electron chi connectivity index (χ4n) is 3.65. The van der Waals surface area contributed by atoms with Crippen LogP contribution in [0.5, 0.6) is 11.5 Å². The molecular formula is C23H21FN2O4S. The molecule has 4 rings (SSSR count). The molecule has 0 saturated heterocycles. The first-order valence-electron chi connectivity index (χ1n) is 9.82. The Morgan fingerprint density at radius 3 is 2.74 bits per heavy atom. The zero-order valence-electron chi connectivity index (χ0n) is 16.8. The van der Waals surface area contributed by atoms with E-state index in [1.807, 2.05) is 24.4 Å². The molecule has 1 unspecified atom stereocenters. The van der Waals surface area contributed by atoms with E-state index in [0.29, 0.717) is 34.9 Å². The number of primary amides is 1. The summed E-state index contributed by atoms with van der Waals surface area (Å²) < 4.78 is 25.5. The lowest BCUT2D eigenvalue weighted by atomic mass is 9.89. The minimum Gasteiger partial charge on any atom is -0.490 e. The number of halogens is 1. The molecule has 8 heteroatoms. The van der Waals surface area contributed by atoms with Crippen molar-refractivity contribution in [3.05, 3.63) is 64.1 Å². The second-order valence-corrected chi connectivity index (χ2v) is 7.98. The van der Waals surface area contributed by atoms with Crippen molar-refractivity contribution < 1.29 is 23.5 Å². The van der Waals surface area contributed by atoms with Gasteiger partial charge in [0.25, 0.3) is 5.91 Å². The number of carbonyl (C=O) groups excluding carboxylic acids is 2. The van der Waals surface area contributed by atoms with E-state index in [4.69, 9.17) is 15.2 Å². The average molecular weight is 440 g/mol. The van der Waals surface area contributed by atoms with Gasteiger partial charge in [0.15, 0.2) is 18.1 Å². The largest absolute Gasteiger partial charge is 0.490 e. The number of hydrogen-bond acceptors (Lipinski definition) is 5. The van der Waals surface area contributed by atoms with Gasteiger partial charge in [0, 0.05) is 33.7 Å². The molecule has 1 aromatic heterocycles. The summed E-state index contributed by atoms with van der Waals surface area (Å²) >= 11 is 1.48. The van der Waals surface area contributed by atoms with Crippen LogP contribution in [0.4, 0.5) is 10.1 Å². The summed E-state index contributed by atoms with van der Waals surface area (Å²) in [5.74, 6) is -0.393. The maximum Gasteiger partial charge on any atom is 0.255 e. The molecule has 0 saturated carbocycles. The summed E-state index contributed by atoms with van der Waals surface area (Å²) in [5.41, 5.74) is 7.80. The van der Waals surface area contributed by atoms with E-state index < -0.39 is 5.91 Å². The van der Waals surface area contributed by atoms with Crippen molar-refractivity contribution in [2.24, 2.45) is 5.73 Å². The fourth-order valence-corrected chi connectivity index (χ4v) is 4.80. The number of thiophene rings is 1. The van der Waals surface area contributed by atoms with Crippen LogP contribution in [0.3, 0.4) is 0 Å². The predicted octanol–water partition coefficient (Wildman–Crippen LogP) is 4.29. The number of anilines is 1. The zero-order valence-corrected chi connectivity index (χ0v) is 17.6. The van der Waals surface area contributed by atoms with Gasteiger partial charge in [-0.15, -0.1) is 11.3 Å². The number of nitrogens with one attached hydrogen (secondary N) is 1. The molecule has 2 heterocycles. The molecular weight excluding hydrogens is 419 g/mol. The van der Waals surface area contributed by atoms with Crippen molar-refractivity contribution in [3.63, 3.8) is 0 Å². The van der Waals surface area contributed by atoms with Gasteiger partial charge in [0.05, 0.1) is 12.3 Å². The van der Waals surface area contributed by atoms with E-state index in [2.05, 4.69) is 5.32 Å². The van der Waals surface area contributed by atoms with Crippen LogP contribution < -0.4 is 20.5 Å². The van der Waals surface area contributed by atoms with Gasteiger partial charge < -0.3 is 20.5 Å². The molecule has 3 aromatic rings. The van der Waals surface area contributed by atoms with Gasteiger partial charge in [-0.25, -0.2) is 4.39 Å². The Morgan fingerprint density at radius 2 is 2.00 bits per heavy atom. The third kappa shape index (κ3) is 4.25. The van der Waals surface area contributed by atoms with Gasteiger partial charge >= 0.3 is 0 Å². The summed E-state index contributed by atoms with van der Waals surface area (Å²) in [4.78, 5) is 24.5. The Labute approximate surface area is 182 Å². The molecule has 1 atom stereocenters. The summed E-state index contributed by atoms with van der Waals surface area (Å²) in [5, 5.41) is 4.79. The summed E-state index contributed by atoms with van der Waals surface area (Å²) in [6, 6.07) is 11.9. The lowest BCUT2D eigenvalue weighted by molar-refractivity contribution is -0.120. The number of hydrogen-bond donors (Lipinski definition) is 2. The third-order valence-electron chi connectivity index (χ3n) is 4.99. The van der Waals surface area contributed by atoms with E-state index in [9.17, 15) is 14.0 Å². The third-order valence-corrected chi connectivity index (χ3v) is 6.09. The Bertz CT molecular complexity index is 1140. The molecule has 1 aliphatic rings. The minimum atomic E-state index is -0.584. The van der Waals surface area contributed by atoms with Crippen molar-refractivity contribution in [2.75, 3.05) is 18.5 Å². The first kappa shape index (κ1) is 20.9. The molecule has 160 valence electrons. The van der Waals surface area contributed by atoms with Gasteiger partial charge in [-0.05, 0) is 30.7 Å². The van der Waals surface area contributed by atoms with Crippen LogP contribution in [-0.4, -0.2) is 25.0 Å². The minimum absolute atomic E-state index is 0.138. The van der Waals surface area contributed by atoms with Crippen LogP contribution in [0.2, 0.25) is 0 Å². The first-order valence-corrected chi connectivity index (χ1v) is 10.7. The average Bonchev–Trinajstić information content (AvgIpc) is 3.16. The Balaban J connectivity index is 1.73. The molecule has 0 radical (unpaired) electrons. The monoisotopic (exact) mass is 440 g/mol. The molecule has 0 fully saturated rings. The second kappa shape index (κ2) is 8.77. The molecule has 0 aliphatic carbocycles. The zero-order chi connectivity index (χ0) is 22.0. The number of rotatable bonds is 7. The number of fused-ring (bicyclic) bond motifs is 1. The lowest BCUT2D eigenvalue weighted by Crippen LogP contribution is -2.22. The van der Waals surface area contributed by atoms with Crippen LogP contribution >= 0.6 is 11.3 Å². The van der Waals surface area contributed by atoms with E-state index in [1.54, 1.807) is 24.3 Å². The maximum absolute atomic E-state index is 14.4. The van der Waals surface area contributed by atoms with Gasteiger partial charge in [-0.2, -0.15) is 0 Å². The summed E-state index contributed by atoms with van der Waals surface area (Å²) in [7, 11) is 0. The topological polar surface area (TPSA) is 90.7 Å². The highest BCUT2D eigenvalue weighted by atomic mass is 32.1. The highest BCUT2D eigenvalue weighted by Gasteiger charge is 2.31. The van der Waals surface area contributed by atoms with E-state index in [1.165, 1.54) is 17.4 Å². The highest BCUT2D eigenvalue weighted by molar-refractivity contribution is 7.11. The second-order valence-electron chi connectivity index (χ2n) is 7.07. The Morgan fingerprint density at radius 1 is 1.19 bits per heavy atom. The maximum atomic E-state index is 14.4. The van der Waals surface area contributed by atoms with E-state index >= 15 is 0 Å². The summed E-state index contributed by atoms with van der Waals surface area (Å²) in [6.07, 6.45) is 0.261. The molecule has 2 amide bonds. The molecule has 0 bridgehead atoms. The lowest BCUT2D eigenvalue weighted by Gasteiger charge is -2.25. The van der Waals surface area contributed by atoms with Crippen molar-refractivity contribution >= 4 is 28.8 Å². The number of carbonyl (C=O) groups is 2. The standard InChI is InChI=1S/C23H21FN2O4S/c1-2-29-19-9-13(7-8-18(19)30-11-20(25)27)15-10-21(28)26-22-16(12-31-23(15)22)14-5-3-4-6-17(14)24/h3-9,12,15H,2,10-11H2,1H3,(H2,25,27)(H,26,28). The Kier molecular flexibility index (Phi) is 5.90. The number of amides is 2. The molecule has 31 heavy (non-hydrogen) atoms. The Hall–Kier alpha value is -3.39. The van der Waals surface area contributed by atoms with Crippen LogP contribution in [-0.2, 0) is 9.59 Å². The SMILES string of the molecule is CCOc1cc(C2CC(=O)Nc3c(-c4ccccc4F)csc32)ccc1OCC(N)=O. The smallest absolute Gasteiger partial charge is 0.255 e.